The number of pyridine rings is 1. The Morgan fingerprint density at radius 1 is 1.17 bits per heavy atom. The van der Waals surface area contributed by atoms with E-state index >= 15 is 0 Å². The van der Waals surface area contributed by atoms with E-state index in [0.29, 0.717) is 22.9 Å². The molecule has 0 fully saturated rings. The van der Waals surface area contributed by atoms with Gasteiger partial charge in [0.1, 0.15) is 0 Å². The predicted octanol–water partition coefficient (Wildman–Crippen LogP) is 4.05. The highest BCUT2D eigenvalue weighted by molar-refractivity contribution is 6.34. The van der Waals surface area contributed by atoms with Crippen LogP contribution in [0.4, 0.5) is 0 Å². The lowest BCUT2D eigenvalue weighted by Gasteiger charge is -2.06. The molecule has 2 nitrogen and oxygen atoms in total. The minimum atomic E-state index is 0.359. The first kappa shape index (κ1) is 12.9. The molecule has 1 aromatic heterocycles. The molecule has 0 saturated carbocycles. The number of hydrogen-bond donors (Lipinski definition) is 0. The van der Waals surface area contributed by atoms with E-state index in [1.165, 1.54) is 0 Å². The SMILES string of the molecule is N#CCc1cccnc1Cc1cc(Cl)cc(Cl)c1. The van der Waals surface area contributed by atoms with Gasteiger partial charge >= 0.3 is 0 Å². The zero-order valence-corrected chi connectivity index (χ0v) is 11.0. The molecule has 0 N–H and O–H groups in total. The van der Waals surface area contributed by atoms with Gasteiger partial charge in [-0.2, -0.15) is 5.26 Å². The number of halogens is 2. The lowest BCUT2D eigenvalue weighted by Crippen LogP contribution is -1.98. The highest BCUT2D eigenvalue weighted by Crippen LogP contribution is 2.21. The summed E-state index contributed by atoms with van der Waals surface area (Å²) < 4.78 is 0. The van der Waals surface area contributed by atoms with Crippen LogP contribution in [-0.2, 0) is 12.8 Å². The van der Waals surface area contributed by atoms with Crippen molar-refractivity contribution in [2.45, 2.75) is 12.8 Å². The van der Waals surface area contributed by atoms with Gasteiger partial charge in [0.15, 0.2) is 0 Å². The van der Waals surface area contributed by atoms with E-state index in [9.17, 15) is 0 Å². The first-order chi connectivity index (χ1) is 8.69. The Hall–Kier alpha value is -1.56. The molecule has 18 heavy (non-hydrogen) atoms. The topological polar surface area (TPSA) is 36.7 Å². The van der Waals surface area contributed by atoms with Crippen molar-refractivity contribution in [3.63, 3.8) is 0 Å². The number of benzene rings is 1. The van der Waals surface area contributed by atoms with Gasteiger partial charge in [-0.3, -0.25) is 4.98 Å². The monoisotopic (exact) mass is 276 g/mol. The molecule has 1 aromatic carbocycles. The van der Waals surface area contributed by atoms with Crippen LogP contribution in [-0.4, -0.2) is 4.98 Å². The maximum atomic E-state index is 8.78. The first-order valence-electron chi connectivity index (χ1n) is 5.43. The first-order valence-corrected chi connectivity index (χ1v) is 6.19. The number of nitrogens with zero attached hydrogens (tertiary/aromatic N) is 2. The third-order valence-electron chi connectivity index (χ3n) is 2.55. The van der Waals surface area contributed by atoms with E-state index < -0.39 is 0 Å². The van der Waals surface area contributed by atoms with Crippen LogP contribution in [0.3, 0.4) is 0 Å². The fourth-order valence-electron chi connectivity index (χ4n) is 1.78. The van der Waals surface area contributed by atoms with Gasteiger partial charge in [0, 0.05) is 28.4 Å². The Labute approximate surface area is 116 Å². The fourth-order valence-corrected chi connectivity index (χ4v) is 2.35. The van der Waals surface area contributed by atoms with E-state index in [1.54, 1.807) is 12.3 Å². The molecular formula is C14H10Cl2N2. The van der Waals surface area contributed by atoms with Crippen molar-refractivity contribution in [3.05, 3.63) is 63.4 Å². The Balaban J connectivity index is 2.31. The highest BCUT2D eigenvalue weighted by Gasteiger charge is 2.06. The van der Waals surface area contributed by atoms with E-state index in [2.05, 4.69) is 11.1 Å². The standard InChI is InChI=1S/C14H10Cl2N2/c15-12-6-10(7-13(16)9-12)8-14-11(3-4-17)2-1-5-18-14/h1-2,5-7,9H,3,8H2. The zero-order valence-electron chi connectivity index (χ0n) is 9.53. The number of rotatable bonds is 3. The molecule has 0 atom stereocenters. The molecule has 2 rings (SSSR count). The molecule has 0 saturated heterocycles. The summed E-state index contributed by atoms with van der Waals surface area (Å²) in [5.41, 5.74) is 2.82. The average Bonchev–Trinajstić information content (AvgIpc) is 2.30. The van der Waals surface area contributed by atoms with Gasteiger partial charge in [0.05, 0.1) is 12.5 Å². The molecule has 0 aliphatic heterocycles. The van der Waals surface area contributed by atoms with Gasteiger partial charge < -0.3 is 0 Å². The number of hydrogen-bond acceptors (Lipinski definition) is 2. The summed E-state index contributed by atoms with van der Waals surface area (Å²) in [6, 6.07) is 11.3. The van der Waals surface area contributed by atoms with Gasteiger partial charge in [-0.25, -0.2) is 0 Å². The minimum Gasteiger partial charge on any atom is -0.261 e. The van der Waals surface area contributed by atoms with Gasteiger partial charge in [-0.1, -0.05) is 29.3 Å². The predicted molar refractivity (Wildman–Crippen MR) is 72.8 cm³/mol. The van der Waals surface area contributed by atoms with Crippen LogP contribution in [0.15, 0.2) is 36.5 Å². The van der Waals surface area contributed by atoms with Gasteiger partial charge in [-0.15, -0.1) is 0 Å². The van der Waals surface area contributed by atoms with Crippen molar-refractivity contribution >= 4 is 23.2 Å². The van der Waals surface area contributed by atoms with Crippen LogP contribution >= 0.6 is 23.2 Å². The molecule has 0 unspecified atom stereocenters. The van der Waals surface area contributed by atoms with Crippen molar-refractivity contribution in [2.24, 2.45) is 0 Å². The third kappa shape index (κ3) is 3.22. The number of nitriles is 1. The Morgan fingerprint density at radius 2 is 1.89 bits per heavy atom. The zero-order chi connectivity index (χ0) is 13.0. The normalized spacial score (nSPS) is 10.1. The minimum absolute atomic E-state index is 0.359. The fraction of sp³-hybridized carbons (Fsp3) is 0.143. The molecule has 4 heteroatoms. The molecule has 0 amide bonds. The second-order valence-electron chi connectivity index (χ2n) is 3.90. The van der Waals surface area contributed by atoms with Crippen LogP contribution in [0, 0.1) is 11.3 Å². The highest BCUT2D eigenvalue weighted by atomic mass is 35.5. The van der Waals surface area contributed by atoms with Crippen LogP contribution < -0.4 is 0 Å². The van der Waals surface area contributed by atoms with Crippen molar-refractivity contribution in [2.75, 3.05) is 0 Å². The molecule has 0 radical (unpaired) electrons. The number of aromatic nitrogens is 1. The van der Waals surface area contributed by atoms with Gasteiger partial charge in [0.25, 0.3) is 0 Å². The molecular weight excluding hydrogens is 267 g/mol. The molecule has 0 aliphatic carbocycles. The third-order valence-corrected chi connectivity index (χ3v) is 2.98. The summed E-state index contributed by atoms with van der Waals surface area (Å²) in [7, 11) is 0. The Kier molecular flexibility index (Phi) is 4.19. The quantitative estimate of drug-likeness (QED) is 0.848. The second kappa shape index (κ2) is 5.86. The molecule has 0 aliphatic rings. The van der Waals surface area contributed by atoms with Crippen LogP contribution in [0.5, 0.6) is 0 Å². The van der Waals surface area contributed by atoms with Gasteiger partial charge in [0.2, 0.25) is 0 Å². The van der Waals surface area contributed by atoms with Crippen LogP contribution in [0.1, 0.15) is 16.8 Å². The molecule has 90 valence electrons. The van der Waals surface area contributed by atoms with Gasteiger partial charge in [-0.05, 0) is 35.4 Å². The van der Waals surface area contributed by atoms with E-state index in [-0.39, 0.29) is 0 Å². The largest absolute Gasteiger partial charge is 0.261 e. The lowest BCUT2D eigenvalue weighted by molar-refractivity contribution is 1.02. The van der Waals surface area contributed by atoms with Crippen molar-refractivity contribution in [3.8, 4) is 6.07 Å². The molecule has 0 spiro atoms. The Morgan fingerprint density at radius 3 is 2.56 bits per heavy atom. The summed E-state index contributed by atoms with van der Waals surface area (Å²) in [6.07, 6.45) is 2.71. The van der Waals surface area contributed by atoms with Crippen LogP contribution in [0.25, 0.3) is 0 Å². The summed E-state index contributed by atoms with van der Waals surface area (Å²) in [5, 5.41) is 9.99. The Bertz CT molecular complexity index is 583. The molecule has 2 aromatic rings. The summed E-state index contributed by atoms with van der Waals surface area (Å²) in [6.45, 7) is 0. The maximum absolute atomic E-state index is 8.78. The smallest absolute Gasteiger partial charge is 0.0670 e. The summed E-state index contributed by atoms with van der Waals surface area (Å²) in [4.78, 5) is 4.31. The second-order valence-corrected chi connectivity index (χ2v) is 4.77. The van der Waals surface area contributed by atoms with E-state index in [0.717, 1.165) is 16.8 Å². The van der Waals surface area contributed by atoms with Crippen molar-refractivity contribution in [1.29, 1.82) is 5.26 Å². The summed E-state index contributed by atoms with van der Waals surface area (Å²) >= 11 is 11.9. The van der Waals surface area contributed by atoms with Crippen LogP contribution in [0.2, 0.25) is 10.0 Å². The van der Waals surface area contributed by atoms with Crippen molar-refractivity contribution in [1.82, 2.24) is 4.98 Å². The summed E-state index contributed by atoms with van der Waals surface area (Å²) in [5.74, 6) is 0. The average molecular weight is 277 g/mol. The lowest BCUT2D eigenvalue weighted by atomic mass is 10.0. The molecule has 1 heterocycles. The maximum Gasteiger partial charge on any atom is 0.0670 e. The molecule has 0 bridgehead atoms. The van der Waals surface area contributed by atoms with E-state index in [1.807, 2.05) is 24.3 Å². The van der Waals surface area contributed by atoms with Crippen molar-refractivity contribution < 1.29 is 0 Å². The van der Waals surface area contributed by atoms with E-state index in [4.69, 9.17) is 28.5 Å².